The molecule has 3 aromatic rings. The Kier molecular flexibility index (Phi) is 6.95. The van der Waals surface area contributed by atoms with E-state index in [1.54, 1.807) is 38.5 Å². The molecule has 7 nitrogen and oxygen atoms in total. The van der Waals surface area contributed by atoms with E-state index in [4.69, 9.17) is 9.47 Å². The van der Waals surface area contributed by atoms with Crippen LogP contribution in [-0.2, 0) is 0 Å². The van der Waals surface area contributed by atoms with Crippen molar-refractivity contribution in [3.05, 3.63) is 48.5 Å². The number of alkyl halides is 3. The Balaban J connectivity index is 1.68. The molecule has 180 valence electrons. The molecule has 0 amide bonds. The lowest BCUT2D eigenvalue weighted by Gasteiger charge is -2.16. The number of hydrogen-bond donors (Lipinski definition) is 2. The molecule has 10 heteroatoms. The zero-order valence-corrected chi connectivity index (χ0v) is 18.8. The molecule has 4 rings (SSSR count). The van der Waals surface area contributed by atoms with Crippen LogP contribution in [0.15, 0.2) is 48.5 Å². The molecule has 0 saturated heterocycles. The third kappa shape index (κ3) is 6.00. The summed E-state index contributed by atoms with van der Waals surface area (Å²) in [5.74, 6) is 1.68. The van der Waals surface area contributed by atoms with Gasteiger partial charge in [0.1, 0.15) is 11.6 Å². The van der Waals surface area contributed by atoms with Crippen LogP contribution < -0.4 is 24.8 Å². The van der Waals surface area contributed by atoms with Gasteiger partial charge in [0.2, 0.25) is 5.95 Å². The minimum Gasteiger partial charge on any atom is -0.493 e. The van der Waals surface area contributed by atoms with Crippen LogP contribution in [-0.4, -0.2) is 36.6 Å². The third-order valence-corrected chi connectivity index (χ3v) is 5.43. The van der Waals surface area contributed by atoms with Crippen molar-refractivity contribution < 1.29 is 27.4 Å². The number of aromatic nitrogens is 2. The Morgan fingerprint density at radius 1 is 0.912 bits per heavy atom. The Labute approximate surface area is 195 Å². The summed E-state index contributed by atoms with van der Waals surface area (Å²) in [4.78, 5) is 9.14. The van der Waals surface area contributed by atoms with E-state index in [0.717, 1.165) is 25.7 Å². The largest absolute Gasteiger partial charge is 0.573 e. The summed E-state index contributed by atoms with van der Waals surface area (Å²) in [5.41, 5.74) is 1.61. The van der Waals surface area contributed by atoms with Crippen molar-refractivity contribution in [2.75, 3.05) is 24.9 Å². The maximum atomic E-state index is 12.7. The van der Waals surface area contributed by atoms with Crippen LogP contribution in [0.1, 0.15) is 25.7 Å². The lowest BCUT2D eigenvalue weighted by atomic mass is 10.1. The summed E-state index contributed by atoms with van der Waals surface area (Å²) in [6.45, 7) is 0. The first-order valence-corrected chi connectivity index (χ1v) is 10.8. The molecule has 1 aliphatic carbocycles. The highest BCUT2D eigenvalue weighted by Gasteiger charge is 2.31. The summed E-state index contributed by atoms with van der Waals surface area (Å²) >= 11 is 0. The number of rotatable bonds is 8. The molecule has 2 aromatic carbocycles. The first-order chi connectivity index (χ1) is 16.3. The second-order valence-corrected chi connectivity index (χ2v) is 7.86. The summed E-state index contributed by atoms with van der Waals surface area (Å²) in [6.07, 6.45) is -0.489. The van der Waals surface area contributed by atoms with E-state index < -0.39 is 6.36 Å². The molecule has 1 aromatic heterocycles. The lowest BCUT2D eigenvalue weighted by Crippen LogP contribution is -2.17. The summed E-state index contributed by atoms with van der Waals surface area (Å²) in [7, 11) is 3.10. The molecule has 2 N–H and O–H groups in total. The van der Waals surface area contributed by atoms with E-state index in [1.807, 2.05) is 6.07 Å². The number of methoxy groups -OCH3 is 2. The Morgan fingerprint density at radius 3 is 2.38 bits per heavy atom. The van der Waals surface area contributed by atoms with Crippen molar-refractivity contribution in [1.82, 2.24) is 9.97 Å². The second-order valence-electron chi connectivity index (χ2n) is 7.86. The van der Waals surface area contributed by atoms with Gasteiger partial charge in [0.05, 0.1) is 19.9 Å². The van der Waals surface area contributed by atoms with Gasteiger partial charge in [0, 0.05) is 29.4 Å². The lowest BCUT2D eigenvalue weighted by molar-refractivity contribution is -0.274. The SMILES string of the molecule is COc1ccc(Nc2cc(-c3cccc(OC(F)(F)F)c3)nc(NC3CCCC3)n2)cc1OC. The molecule has 1 heterocycles. The minimum atomic E-state index is -4.78. The van der Waals surface area contributed by atoms with Crippen LogP contribution in [0, 0.1) is 0 Å². The first kappa shape index (κ1) is 23.5. The van der Waals surface area contributed by atoms with Crippen LogP contribution in [0.3, 0.4) is 0 Å². The molecule has 0 atom stereocenters. The second kappa shape index (κ2) is 10.1. The third-order valence-electron chi connectivity index (χ3n) is 5.43. The zero-order valence-electron chi connectivity index (χ0n) is 18.8. The standard InChI is InChI=1S/C24H25F3N4O3/c1-32-20-11-10-17(13-21(20)33-2)28-22-14-19(30-23(31-22)29-16-7-3-4-8-16)15-6-5-9-18(12-15)34-24(25,26)27/h5-6,9-14,16H,3-4,7-8H2,1-2H3,(H2,28,29,30,31). The molecular formula is C24H25F3N4O3. The highest BCUT2D eigenvalue weighted by Crippen LogP contribution is 2.33. The smallest absolute Gasteiger partial charge is 0.493 e. The zero-order chi connectivity index (χ0) is 24.1. The van der Waals surface area contributed by atoms with Gasteiger partial charge in [0.15, 0.2) is 11.5 Å². The van der Waals surface area contributed by atoms with E-state index in [-0.39, 0.29) is 11.8 Å². The van der Waals surface area contributed by atoms with Crippen molar-refractivity contribution in [3.63, 3.8) is 0 Å². The van der Waals surface area contributed by atoms with Gasteiger partial charge in [-0.15, -0.1) is 13.2 Å². The number of nitrogens with one attached hydrogen (secondary N) is 2. The van der Waals surface area contributed by atoms with Crippen LogP contribution in [0.5, 0.6) is 17.2 Å². The van der Waals surface area contributed by atoms with Crippen molar-refractivity contribution in [2.24, 2.45) is 0 Å². The molecule has 0 spiro atoms. The van der Waals surface area contributed by atoms with E-state index in [0.29, 0.717) is 40.2 Å². The van der Waals surface area contributed by atoms with Crippen molar-refractivity contribution >= 4 is 17.5 Å². The normalized spacial score (nSPS) is 14.0. The van der Waals surface area contributed by atoms with E-state index in [2.05, 4.69) is 25.3 Å². The van der Waals surface area contributed by atoms with Gasteiger partial charge in [-0.1, -0.05) is 25.0 Å². The summed E-state index contributed by atoms with van der Waals surface area (Å²) in [5, 5.41) is 6.57. The van der Waals surface area contributed by atoms with E-state index >= 15 is 0 Å². The van der Waals surface area contributed by atoms with Gasteiger partial charge in [0.25, 0.3) is 0 Å². The Bertz CT molecular complexity index is 1130. The van der Waals surface area contributed by atoms with Gasteiger partial charge < -0.3 is 24.8 Å². The monoisotopic (exact) mass is 474 g/mol. The molecule has 0 bridgehead atoms. The number of hydrogen-bond acceptors (Lipinski definition) is 7. The van der Waals surface area contributed by atoms with Crippen LogP contribution in [0.2, 0.25) is 0 Å². The molecular weight excluding hydrogens is 449 g/mol. The van der Waals surface area contributed by atoms with Crippen LogP contribution >= 0.6 is 0 Å². The predicted octanol–water partition coefficient (Wildman–Crippen LogP) is 6.16. The average Bonchev–Trinajstić information content (AvgIpc) is 3.31. The quantitative estimate of drug-likeness (QED) is 0.405. The average molecular weight is 474 g/mol. The fourth-order valence-electron chi connectivity index (χ4n) is 3.89. The van der Waals surface area contributed by atoms with Gasteiger partial charge in [-0.05, 0) is 37.1 Å². The molecule has 0 unspecified atom stereocenters. The van der Waals surface area contributed by atoms with Crippen molar-refractivity contribution in [3.8, 4) is 28.5 Å². The van der Waals surface area contributed by atoms with Gasteiger partial charge in [-0.25, -0.2) is 4.98 Å². The van der Waals surface area contributed by atoms with Gasteiger partial charge >= 0.3 is 6.36 Å². The maximum absolute atomic E-state index is 12.7. The predicted molar refractivity (Wildman–Crippen MR) is 123 cm³/mol. The Morgan fingerprint density at radius 2 is 1.68 bits per heavy atom. The van der Waals surface area contributed by atoms with Gasteiger partial charge in [-0.2, -0.15) is 4.98 Å². The van der Waals surface area contributed by atoms with Crippen LogP contribution in [0.4, 0.5) is 30.6 Å². The van der Waals surface area contributed by atoms with E-state index in [9.17, 15) is 13.2 Å². The fraction of sp³-hybridized carbons (Fsp3) is 0.333. The fourth-order valence-corrected chi connectivity index (χ4v) is 3.89. The molecule has 1 aliphatic rings. The Hall–Kier alpha value is -3.69. The maximum Gasteiger partial charge on any atom is 0.573 e. The molecule has 34 heavy (non-hydrogen) atoms. The molecule has 0 radical (unpaired) electrons. The number of nitrogens with zero attached hydrogens (tertiary/aromatic N) is 2. The number of ether oxygens (including phenoxy) is 3. The number of halogens is 3. The van der Waals surface area contributed by atoms with Gasteiger partial charge in [-0.3, -0.25) is 0 Å². The van der Waals surface area contributed by atoms with Crippen LogP contribution in [0.25, 0.3) is 11.3 Å². The molecule has 0 aliphatic heterocycles. The highest BCUT2D eigenvalue weighted by molar-refractivity contribution is 5.69. The number of benzene rings is 2. The molecule has 1 fully saturated rings. The summed E-state index contributed by atoms with van der Waals surface area (Å²) in [6, 6.07) is 13.0. The minimum absolute atomic E-state index is 0.254. The molecule has 1 saturated carbocycles. The first-order valence-electron chi connectivity index (χ1n) is 10.8. The van der Waals surface area contributed by atoms with E-state index in [1.165, 1.54) is 18.2 Å². The number of anilines is 3. The summed E-state index contributed by atoms with van der Waals surface area (Å²) < 4.78 is 52.8. The topological polar surface area (TPSA) is 77.5 Å². The van der Waals surface area contributed by atoms with Crippen molar-refractivity contribution in [1.29, 1.82) is 0 Å². The highest BCUT2D eigenvalue weighted by atomic mass is 19.4. The van der Waals surface area contributed by atoms with Crippen molar-refractivity contribution in [2.45, 2.75) is 38.1 Å².